The summed E-state index contributed by atoms with van der Waals surface area (Å²) in [6, 6.07) is 8.37. The van der Waals surface area contributed by atoms with Crippen molar-refractivity contribution in [3.63, 3.8) is 0 Å². The van der Waals surface area contributed by atoms with E-state index in [1.807, 2.05) is 0 Å². The molecular formula is C24H43Cl2CuKO3S. The van der Waals surface area contributed by atoms with Crippen molar-refractivity contribution in [2.24, 2.45) is 0 Å². The summed E-state index contributed by atoms with van der Waals surface area (Å²) < 4.78 is 29.0. The van der Waals surface area contributed by atoms with Gasteiger partial charge in [-0.2, -0.15) is 8.42 Å². The molecule has 0 amide bonds. The van der Waals surface area contributed by atoms with Crippen molar-refractivity contribution < 1.29 is 25.7 Å². The van der Waals surface area contributed by atoms with Gasteiger partial charge in [-0.25, -0.2) is 0 Å². The third-order valence-electron chi connectivity index (χ3n) is 5.27. The van der Waals surface area contributed by atoms with Crippen molar-refractivity contribution in [2.75, 3.05) is 6.61 Å². The molecule has 0 saturated carbocycles. The van der Waals surface area contributed by atoms with Crippen molar-refractivity contribution >= 4 is 81.7 Å². The first-order chi connectivity index (χ1) is 15.1. The predicted octanol–water partition coefficient (Wildman–Crippen LogP) is 8.38. The van der Waals surface area contributed by atoms with E-state index in [2.05, 4.69) is 27.1 Å². The minimum atomic E-state index is -3.58. The summed E-state index contributed by atoms with van der Waals surface area (Å²) >= 11 is 0.757. The fourth-order valence-corrected chi connectivity index (χ4v) is 4.44. The summed E-state index contributed by atoms with van der Waals surface area (Å²) in [6.07, 6.45) is 20.9. The van der Waals surface area contributed by atoms with Crippen molar-refractivity contribution in [3.8, 4) is 0 Å². The van der Waals surface area contributed by atoms with Crippen LogP contribution in [0.3, 0.4) is 0 Å². The van der Waals surface area contributed by atoms with Gasteiger partial charge < -0.3 is 0 Å². The molecule has 0 aromatic heterocycles. The molecule has 0 heterocycles. The Hall–Kier alpha value is 1.87. The molecule has 0 N–H and O–H groups in total. The van der Waals surface area contributed by atoms with Crippen molar-refractivity contribution in [1.82, 2.24) is 0 Å². The average molecular weight is 585 g/mol. The van der Waals surface area contributed by atoms with Gasteiger partial charge in [-0.3, -0.25) is 4.18 Å². The van der Waals surface area contributed by atoms with Crippen LogP contribution in [0.15, 0.2) is 35.2 Å². The van der Waals surface area contributed by atoms with E-state index >= 15 is 0 Å². The van der Waals surface area contributed by atoms with Crippen molar-refractivity contribution in [2.45, 2.75) is 115 Å². The Kier molecular flexibility index (Phi) is 30.9. The van der Waals surface area contributed by atoms with Crippen LogP contribution in [0.25, 0.3) is 0 Å². The summed E-state index contributed by atoms with van der Waals surface area (Å²) in [6.45, 7) is 2.56. The standard InChI is InChI=1S/C24H42O3S.2ClH.Cu.K.H/c1-2-3-4-5-6-7-8-9-10-11-12-13-14-15-16-20-23-27-28(25,26)24-21-18-17-19-22-24;;;;;/h17-19,21-22H,2-16,20,23H2,1H3;2*1H;;;/q;;;+2;;/p-2. The summed E-state index contributed by atoms with van der Waals surface area (Å²) in [5.74, 6) is 0. The SMILES string of the molecule is CCCCCCCCCCCCCCCCCCOS(=O)(=O)c1ccccc1.[Cl][Cu][Cl].[KH]. The van der Waals surface area contributed by atoms with Crippen LogP contribution in [0.1, 0.15) is 110 Å². The van der Waals surface area contributed by atoms with Gasteiger partial charge in [0.25, 0.3) is 10.1 Å². The molecule has 8 heteroatoms. The monoisotopic (exact) mass is 583 g/mol. The second kappa shape index (κ2) is 27.5. The van der Waals surface area contributed by atoms with E-state index in [4.69, 9.17) is 4.18 Å². The normalized spacial score (nSPS) is 11.0. The van der Waals surface area contributed by atoms with E-state index < -0.39 is 10.1 Å². The molecule has 0 spiro atoms. The van der Waals surface area contributed by atoms with Crippen molar-refractivity contribution in [3.05, 3.63) is 30.3 Å². The van der Waals surface area contributed by atoms with Crippen LogP contribution in [0.2, 0.25) is 0 Å². The number of hydrogen-bond acceptors (Lipinski definition) is 3. The van der Waals surface area contributed by atoms with E-state index in [0.717, 1.165) is 26.0 Å². The third kappa shape index (κ3) is 23.6. The Morgan fingerprint density at radius 3 is 1.41 bits per heavy atom. The van der Waals surface area contributed by atoms with Crippen LogP contribution in [0.4, 0.5) is 0 Å². The van der Waals surface area contributed by atoms with Gasteiger partial charge in [0.15, 0.2) is 0 Å². The van der Waals surface area contributed by atoms with Gasteiger partial charge in [0.1, 0.15) is 0 Å². The Labute approximate surface area is 255 Å². The number of hydrogen-bond donors (Lipinski definition) is 0. The van der Waals surface area contributed by atoms with Crippen LogP contribution in [-0.4, -0.2) is 66.4 Å². The fraction of sp³-hybridized carbons (Fsp3) is 0.750. The first-order valence-electron chi connectivity index (χ1n) is 11.8. The van der Waals surface area contributed by atoms with E-state index in [9.17, 15) is 8.42 Å². The molecule has 0 radical (unpaired) electrons. The number of benzene rings is 1. The van der Waals surface area contributed by atoms with Crippen LogP contribution in [0, 0.1) is 0 Å². The summed E-state index contributed by atoms with van der Waals surface area (Å²) in [5.41, 5.74) is 0. The molecule has 0 unspecified atom stereocenters. The zero-order valence-corrected chi connectivity index (χ0v) is 22.4. The van der Waals surface area contributed by atoms with E-state index in [0.29, 0.717) is 0 Å². The van der Waals surface area contributed by atoms with Gasteiger partial charge in [0.2, 0.25) is 0 Å². The fourth-order valence-electron chi connectivity index (χ4n) is 3.47. The summed E-state index contributed by atoms with van der Waals surface area (Å²) in [5, 5.41) is 0. The zero-order valence-electron chi connectivity index (χ0n) is 19.1. The van der Waals surface area contributed by atoms with Crippen LogP contribution >= 0.6 is 20.2 Å². The Morgan fingerprint density at radius 1 is 0.688 bits per heavy atom. The van der Waals surface area contributed by atoms with Crippen LogP contribution < -0.4 is 0 Å². The topological polar surface area (TPSA) is 43.4 Å². The molecule has 0 atom stereocenters. The Bertz CT molecular complexity index is 592. The predicted molar refractivity (Wildman–Crippen MR) is 138 cm³/mol. The third-order valence-corrected chi connectivity index (χ3v) is 6.59. The average Bonchev–Trinajstić information content (AvgIpc) is 2.77. The van der Waals surface area contributed by atoms with Gasteiger partial charge in [-0.1, -0.05) is 121 Å². The Morgan fingerprint density at radius 2 is 1.03 bits per heavy atom. The van der Waals surface area contributed by atoms with Gasteiger partial charge in [-0.15, -0.1) is 0 Å². The maximum atomic E-state index is 12.0. The van der Waals surface area contributed by atoms with Crippen molar-refractivity contribution in [1.29, 1.82) is 0 Å². The van der Waals surface area contributed by atoms with E-state index in [-0.39, 0.29) is 62.9 Å². The molecule has 0 aliphatic heterocycles. The summed E-state index contributed by atoms with van der Waals surface area (Å²) in [7, 11) is 5.76. The molecule has 0 saturated heterocycles. The molecule has 1 rings (SSSR count). The van der Waals surface area contributed by atoms with Crippen LogP contribution in [-0.2, 0) is 27.4 Å². The number of rotatable bonds is 19. The first kappa shape index (κ1) is 36.0. The summed E-state index contributed by atoms with van der Waals surface area (Å²) in [4.78, 5) is 0.242. The second-order valence-electron chi connectivity index (χ2n) is 7.94. The zero-order chi connectivity index (χ0) is 23.0. The molecule has 1 aromatic rings. The van der Waals surface area contributed by atoms with E-state index in [1.165, 1.54) is 89.9 Å². The molecule has 0 bridgehead atoms. The minimum absolute atomic E-state index is 0. The molecular weight excluding hydrogens is 542 g/mol. The Balaban J connectivity index is 0. The molecule has 32 heavy (non-hydrogen) atoms. The maximum absolute atomic E-state index is 12.0. The molecule has 0 fully saturated rings. The quantitative estimate of drug-likeness (QED) is 0.0931. The van der Waals surface area contributed by atoms with E-state index in [1.54, 1.807) is 30.3 Å². The molecule has 0 aliphatic carbocycles. The molecule has 189 valence electrons. The molecule has 1 aromatic carbocycles. The van der Waals surface area contributed by atoms with Crippen LogP contribution in [0.5, 0.6) is 0 Å². The van der Waals surface area contributed by atoms with Gasteiger partial charge >= 0.3 is 84.7 Å². The van der Waals surface area contributed by atoms with Gasteiger partial charge in [0, 0.05) is 0 Å². The number of unbranched alkanes of at least 4 members (excludes halogenated alkanes) is 15. The second-order valence-corrected chi connectivity index (χ2v) is 11.1. The first-order valence-corrected chi connectivity index (χ1v) is 15.8. The number of halogens is 2. The van der Waals surface area contributed by atoms with Gasteiger partial charge in [0.05, 0.1) is 11.5 Å². The van der Waals surface area contributed by atoms with Gasteiger partial charge in [-0.05, 0) is 18.6 Å². The molecule has 0 aliphatic rings. The molecule has 3 nitrogen and oxygen atoms in total.